The Bertz CT molecular complexity index is 942. The van der Waals surface area contributed by atoms with Crippen molar-refractivity contribution in [2.75, 3.05) is 0 Å². The highest BCUT2D eigenvalue weighted by molar-refractivity contribution is 6.38. The number of aromatic carboxylic acids is 1. The van der Waals surface area contributed by atoms with Gasteiger partial charge in [-0.15, -0.1) is 0 Å². The maximum absolute atomic E-state index is 14.7. The van der Waals surface area contributed by atoms with Crippen LogP contribution in [0.25, 0.3) is 22.2 Å². The van der Waals surface area contributed by atoms with Gasteiger partial charge in [-0.25, -0.2) is 14.2 Å². The monoisotopic (exact) mass is 369 g/mol. The molecule has 0 spiro atoms. The zero-order valence-electron chi connectivity index (χ0n) is 11.3. The predicted molar refractivity (Wildman–Crippen MR) is 89.1 cm³/mol. The number of pyridine rings is 1. The molecule has 0 fully saturated rings. The van der Waals surface area contributed by atoms with E-state index in [1.165, 1.54) is 12.1 Å². The highest BCUT2D eigenvalue weighted by Gasteiger charge is 2.23. The van der Waals surface area contributed by atoms with Crippen LogP contribution in [-0.4, -0.2) is 16.1 Å². The van der Waals surface area contributed by atoms with Crippen LogP contribution in [-0.2, 0) is 0 Å². The SMILES string of the molecule is O=C(O)c1c(F)c(-c2ccc(Cl)cc2)nc2c(Cl)cc(Cl)cc12. The lowest BCUT2D eigenvalue weighted by molar-refractivity contribution is 0.0694. The topological polar surface area (TPSA) is 50.2 Å². The Morgan fingerprint density at radius 3 is 2.30 bits per heavy atom. The molecule has 3 aromatic rings. The van der Waals surface area contributed by atoms with E-state index in [4.69, 9.17) is 34.8 Å². The van der Waals surface area contributed by atoms with Gasteiger partial charge in [0.2, 0.25) is 0 Å². The molecule has 2 aromatic carbocycles. The minimum absolute atomic E-state index is 0.0465. The van der Waals surface area contributed by atoms with Crippen molar-refractivity contribution in [3.63, 3.8) is 0 Å². The van der Waals surface area contributed by atoms with Crippen molar-refractivity contribution in [2.24, 2.45) is 0 Å². The molecule has 0 radical (unpaired) electrons. The number of hydrogen-bond acceptors (Lipinski definition) is 2. The van der Waals surface area contributed by atoms with Crippen molar-refractivity contribution < 1.29 is 14.3 Å². The van der Waals surface area contributed by atoms with E-state index < -0.39 is 17.3 Å². The lowest BCUT2D eigenvalue weighted by Crippen LogP contribution is -2.06. The summed E-state index contributed by atoms with van der Waals surface area (Å²) in [4.78, 5) is 15.7. The molecule has 1 N–H and O–H groups in total. The molecule has 0 aliphatic rings. The fourth-order valence-electron chi connectivity index (χ4n) is 2.28. The highest BCUT2D eigenvalue weighted by atomic mass is 35.5. The van der Waals surface area contributed by atoms with E-state index in [2.05, 4.69) is 4.98 Å². The van der Waals surface area contributed by atoms with Crippen molar-refractivity contribution in [1.29, 1.82) is 0 Å². The van der Waals surface area contributed by atoms with Crippen molar-refractivity contribution >= 4 is 51.7 Å². The maximum atomic E-state index is 14.7. The molecule has 7 heteroatoms. The van der Waals surface area contributed by atoms with Gasteiger partial charge in [-0.1, -0.05) is 46.9 Å². The van der Waals surface area contributed by atoms with Gasteiger partial charge < -0.3 is 5.11 Å². The first kappa shape index (κ1) is 16.0. The molecule has 0 saturated carbocycles. The number of benzene rings is 2. The van der Waals surface area contributed by atoms with Crippen LogP contribution in [0.3, 0.4) is 0 Å². The van der Waals surface area contributed by atoms with Gasteiger partial charge in [0.15, 0.2) is 5.82 Å². The molecule has 3 nitrogen and oxygen atoms in total. The lowest BCUT2D eigenvalue weighted by atomic mass is 10.0. The summed E-state index contributed by atoms with van der Waals surface area (Å²) in [5.74, 6) is -2.38. The number of carboxylic acid groups (broad SMARTS) is 1. The molecule has 0 saturated heterocycles. The van der Waals surface area contributed by atoms with Crippen LogP contribution in [0.15, 0.2) is 36.4 Å². The van der Waals surface area contributed by atoms with Crippen LogP contribution >= 0.6 is 34.8 Å². The van der Waals surface area contributed by atoms with Crippen molar-refractivity contribution in [2.45, 2.75) is 0 Å². The van der Waals surface area contributed by atoms with Crippen LogP contribution in [0, 0.1) is 5.82 Å². The summed E-state index contributed by atoms with van der Waals surface area (Å²) in [6.07, 6.45) is 0. The third-order valence-electron chi connectivity index (χ3n) is 3.28. The van der Waals surface area contributed by atoms with Gasteiger partial charge in [-0.05, 0) is 24.3 Å². The number of carboxylic acids is 1. The Hall–Kier alpha value is -1.88. The molecular formula is C16H7Cl3FNO2. The Morgan fingerprint density at radius 1 is 1.04 bits per heavy atom. The van der Waals surface area contributed by atoms with Gasteiger partial charge >= 0.3 is 5.97 Å². The van der Waals surface area contributed by atoms with E-state index in [-0.39, 0.29) is 26.6 Å². The summed E-state index contributed by atoms with van der Waals surface area (Å²) in [5.41, 5.74) is -0.0812. The van der Waals surface area contributed by atoms with E-state index in [0.717, 1.165) is 0 Å². The molecule has 0 bridgehead atoms. The summed E-state index contributed by atoms with van der Waals surface area (Å²) in [6.45, 7) is 0. The highest BCUT2D eigenvalue weighted by Crippen LogP contribution is 2.34. The number of nitrogens with zero attached hydrogens (tertiary/aromatic N) is 1. The molecule has 0 aliphatic heterocycles. The second-order valence-electron chi connectivity index (χ2n) is 4.75. The molecule has 0 unspecified atom stereocenters. The summed E-state index contributed by atoms with van der Waals surface area (Å²) < 4.78 is 14.7. The number of fused-ring (bicyclic) bond motifs is 1. The molecule has 1 heterocycles. The minimum atomic E-state index is -1.43. The second kappa shape index (κ2) is 5.96. The van der Waals surface area contributed by atoms with Crippen molar-refractivity contribution in [3.05, 3.63) is 62.8 Å². The summed E-state index contributed by atoms with van der Waals surface area (Å²) in [5, 5.41) is 10.2. The van der Waals surface area contributed by atoms with Gasteiger partial charge in [0.25, 0.3) is 0 Å². The first-order valence-corrected chi connectivity index (χ1v) is 7.49. The van der Waals surface area contributed by atoms with E-state index in [1.54, 1.807) is 24.3 Å². The normalized spacial score (nSPS) is 11.0. The van der Waals surface area contributed by atoms with Crippen LogP contribution in [0.4, 0.5) is 4.39 Å². The molecular weight excluding hydrogens is 364 g/mol. The van der Waals surface area contributed by atoms with Gasteiger partial charge in [-0.3, -0.25) is 0 Å². The lowest BCUT2D eigenvalue weighted by Gasteiger charge is -2.11. The minimum Gasteiger partial charge on any atom is -0.478 e. The standard InChI is InChI=1S/C16H7Cl3FNO2/c17-8-3-1-7(2-4-8)14-13(20)12(16(22)23)10-5-9(18)6-11(19)15(10)21-14/h1-6H,(H,22,23). The average molecular weight is 371 g/mol. The summed E-state index contributed by atoms with van der Waals surface area (Å²) >= 11 is 17.8. The van der Waals surface area contributed by atoms with Crippen LogP contribution in [0.1, 0.15) is 10.4 Å². The molecule has 23 heavy (non-hydrogen) atoms. The predicted octanol–water partition coefficient (Wildman–Crippen LogP) is 5.70. The van der Waals surface area contributed by atoms with E-state index in [1.807, 2.05) is 0 Å². The fraction of sp³-hybridized carbons (Fsp3) is 0. The molecule has 0 aliphatic carbocycles. The first-order chi connectivity index (χ1) is 10.9. The van der Waals surface area contributed by atoms with Crippen molar-refractivity contribution in [3.8, 4) is 11.3 Å². The molecule has 1 aromatic heterocycles. The van der Waals surface area contributed by atoms with Crippen molar-refractivity contribution in [1.82, 2.24) is 4.98 Å². The third kappa shape index (κ3) is 2.85. The second-order valence-corrected chi connectivity index (χ2v) is 6.03. The Balaban J connectivity index is 2.42. The quantitative estimate of drug-likeness (QED) is 0.629. The first-order valence-electron chi connectivity index (χ1n) is 6.36. The van der Waals surface area contributed by atoms with E-state index in [0.29, 0.717) is 10.6 Å². The number of rotatable bonds is 2. The van der Waals surface area contributed by atoms with Crippen LogP contribution in [0.5, 0.6) is 0 Å². The third-order valence-corrected chi connectivity index (χ3v) is 4.04. The zero-order chi connectivity index (χ0) is 16.7. The summed E-state index contributed by atoms with van der Waals surface area (Å²) in [7, 11) is 0. The Labute approximate surface area is 145 Å². The van der Waals surface area contributed by atoms with E-state index >= 15 is 0 Å². The number of aromatic nitrogens is 1. The van der Waals surface area contributed by atoms with Crippen LogP contribution < -0.4 is 0 Å². The van der Waals surface area contributed by atoms with Gasteiger partial charge in [0, 0.05) is 21.0 Å². The zero-order valence-corrected chi connectivity index (χ0v) is 13.5. The molecule has 116 valence electrons. The molecule has 0 amide bonds. The van der Waals surface area contributed by atoms with Gasteiger partial charge in [0.05, 0.1) is 10.5 Å². The average Bonchev–Trinajstić information content (AvgIpc) is 2.47. The number of carbonyl (C=O) groups is 1. The molecule has 3 rings (SSSR count). The number of hydrogen-bond donors (Lipinski definition) is 1. The Morgan fingerprint density at radius 2 is 1.70 bits per heavy atom. The smallest absolute Gasteiger partial charge is 0.339 e. The van der Waals surface area contributed by atoms with Crippen LogP contribution in [0.2, 0.25) is 15.1 Å². The van der Waals surface area contributed by atoms with Gasteiger partial charge in [0.1, 0.15) is 11.3 Å². The number of halogens is 4. The fourth-order valence-corrected chi connectivity index (χ4v) is 2.94. The maximum Gasteiger partial charge on any atom is 0.339 e. The van der Waals surface area contributed by atoms with E-state index in [9.17, 15) is 14.3 Å². The summed E-state index contributed by atoms with van der Waals surface area (Å²) in [6, 6.07) is 8.98. The van der Waals surface area contributed by atoms with Gasteiger partial charge in [-0.2, -0.15) is 0 Å². The largest absolute Gasteiger partial charge is 0.478 e. The Kier molecular flexibility index (Phi) is 4.15. The molecule has 0 atom stereocenters.